The fourth-order valence-corrected chi connectivity index (χ4v) is 2.96. The van der Waals surface area contributed by atoms with Crippen molar-refractivity contribution in [2.75, 3.05) is 6.61 Å². The molecule has 3 aromatic rings. The number of hydrogen-bond acceptors (Lipinski definition) is 6. The summed E-state index contributed by atoms with van der Waals surface area (Å²) in [6, 6.07) is 13.5. The molecular formula is C22H20NO6-. The summed E-state index contributed by atoms with van der Waals surface area (Å²) >= 11 is 0. The Balaban J connectivity index is 1.78. The minimum absolute atomic E-state index is 0.326. The number of carboxylic acids is 1. The third kappa shape index (κ3) is 4.82. The maximum absolute atomic E-state index is 12.5. The van der Waals surface area contributed by atoms with Gasteiger partial charge in [0.25, 0.3) is 5.91 Å². The third-order valence-electron chi connectivity index (χ3n) is 4.58. The van der Waals surface area contributed by atoms with Gasteiger partial charge in [-0.05, 0) is 37.1 Å². The molecule has 1 N–H and O–H groups in total. The number of aryl methyl sites for hydroxylation is 1. The first kappa shape index (κ1) is 20.1. The molecule has 0 spiro atoms. The van der Waals surface area contributed by atoms with Crippen molar-refractivity contribution in [3.05, 3.63) is 75.6 Å². The molecule has 0 saturated heterocycles. The van der Waals surface area contributed by atoms with Crippen LogP contribution in [0.15, 0.2) is 57.7 Å². The smallest absolute Gasteiger partial charge is 0.340 e. The summed E-state index contributed by atoms with van der Waals surface area (Å²) in [6.07, 6.45) is 0.472. The first-order valence-corrected chi connectivity index (χ1v) is 9.08. The SMILES string of the molecule is Cc1c(Cc2ccccc2)c(=O)oc2cc(OCC(=O)N[C@@H](C)C(=O)[O-])ccc12. The van der Waals surface area contributed by atoms with Crippen molar-refractivity contribution in [3.63, 3.8) is 0 Å². The first-order chi connectivity index (χ1) is 13.8. The van der Waals surface area contributed by atoms with E-state index in [1.54, 1.807) is 12.1 Å². The highest BCUT2D eigenvalue weighted by molar-refractivity contribution is 5.84. The number of hydrogen-bond donors (Lipinski definition) is 1. The van der Waals surface area contributed by atoms with E-state index in [9.17, 15) is 19.5 Å². The lowest BCUT2D eigenvalue weighted by atomic mass is 10.00. The minimum Gasteiger partial charge on any atom is -0.548 e. The fourth-order valence-electron chi connectivity index (χ4n) is 2.96. The van der Waals surface area contributed by atoms with E-state index in [1.165, 1.54) is 13.0 Å². The number of aliphatic carboxylic acids is 1. The second-order valence-electron chi connectivity index (χ2n) is 6.71. The summed E-state index contributed by atoms with van der Waals surface area (Å²) in [5, 5.41) is 13.7. The van der Waals surface area contributed by atoms with Gasteiger partial charge in [-0.3, -0.25) is 4.79 Å². The predicted octanol–water partition coefficient (Wildman–Crippen LogP) is 1.33. The van der Waals surface area contributed by atoms with E-state index in [-0.39, 0.29) is 6.61 Å². The van der Waals surface area contributed by atoms with Crippen molar-refractivity contribution in [3.8, 4) is 5.75 Å². The van der Waals surface area contributed by atoms with Crippen LogP contribution in [-0.2, 0) is 16.0 Å². The van der Waals surface area contributed by atoms with Crippen molar-refractivity contribution < 1.29 is 23.8 Å². The molecule has 0 fully saturated rings. The molecule has 0 aliphatic rings. The Morgan fingerprint density at radius 1 is 1.17 bits per heavy atom. The fraction of sp³-hybridized carbons (Fsp3) is 0.227. The summed E-state index contributed by atoms with van der Waals surface area (Å²) in [4.78, 5) is 34.9. The molecule has 1 aromatic heterocycles. The Hall–Kier alpha value is -3.61. The summed E-state index contributed by atoms with van der Waals surface area (Å²) in [7, 11) is 0. The van der Waals surface area contributed by atoms with Crippen LogP contribution in [0.1, 0.15) is 23.6 Å². The van der Waals surface area contributed by atoms with Gasteiger partial charge in [0.2, 0.25) is 0 Å². The number of rotatable bonds is 7. The number of benzene rings is 2. The number of fused-ring (bicyclic) bond motifs is 1. The summed E-state index contributed by atoms with van der Waals surface area (Å²) in [5.41, 5.74) is 2.36. The lowest BCUT2D eigenvalue weighted by Crippen LogP contribution is -2.47. The average Bonchev–Trinajstić information content (AvgIpc) is 2.70. The number of amides is 1. The van der Waals surface area contributed by atoms with Gasteiger partial charge in [0, 0.05) is 23.4 Å². The molecule has 0 saturated carbocycles. The van der Waals surface area contributed by atoms with Crippen molar-refractivity contribution >= 4 is 22.8 Å². The largest absolute Gasteiger partial charge is 0.548 e. The molecular weight excluding hydrogens is 374 g/mol. The van der Waals surface area contributed by atoms with E-state index in [4.69, 9.17) is 9.15 Å². The zero-order chi connectivity index (χ0) is 21.0. The Morgan fingerprint density at radius 2 is 1.90 bits per heavy atom. The molecule has 7 nitrogen and oxygen atoms in total. The normalized spacial score (nSPS) is 11.8. The first-order valence-electron chi connectivity index (χ1n) is 9.08. The van der Waals surface area contributed by atoms with E-state index in [0.29, 0.717) is 23.3 Å². The zero-order valence-electron chi connectivity index (χ0n) is 16.1. The number of carbonyl (C=O) groups is 2. The molecule has 1 heterocycles. The summed E-state index contributed by atoms with van der Waals surface area (Å²) < 4.78 is 10.8. The standard InChI is InChI=1S/C22H21NO6/c1-13-17-9-8-16(28-12-20(24)23-14(2)21(25)26)11-19(17)29-22(27)18(13)10-15-6-4-3-5-7-15/h3-9,11,14H,10,12H2,1-2H3,(H,23,24)(H,25,26)/p-1/t14-/m0/s1. The third-order valence-corrected chi connectivity index (χ3v) is 4.58. The van der Waals surface area contributed by atoms with Gasteiger partial charge in [-0.25, -0.2) is 4.79 Å². The Morgan fingerprint density at radius 3 is 2.59 bits per heavy atom. The Bertz CT molecular complexity index is 1100. The van der Waals surface area contributed by atoms with Crippen molar-refractivity contribution in [1.82, 2.24) is 5.32 Å². The molecule has 0 aliphatic heterocycles. The van der Waals surface area contributed by atoms with Gasteiger partial charge < -0.3 is 24.4 Å². The maximum Gasteiger partial charge on any atom is 0.340 e. The average molecular weight is 394 g/mol. The number of carboxylic acid groups (broad SMARTS) is 1. The predicted molar refractivity (Wildman–Crippen MR) is 105 cm³/mol. The van der Waals surface area contributed by atoms with Crippen LogP contribution in [-0.4, -0.2) is 24.5 Å². The lowest BCUT2D eigenvalue weighted by molar-refractivity contribution is -0.307. The van der Waals surface area contributed by atoms with Crippen LogP contribution in [0.5, 0.6) is 5.75 Å². The topological polar surface area (TPSA) is 109 Å². The van der Waals surface area contributed by atoms with Gasteiger partial charge in [-0.2, -0.15) is 0 Å². The summed E-state index contributed by atoms with van der Waals surface area (Å²) in [5.74, 6) is -1.66. The zero-order valence-corrected chi connectivity index (χ0v) is 16.1. The molecule has 1 atom stereocenters. The molecule has 0 radical (unpaired) electrons. The van der Waals surface area contributed by atoms with Crippen LogP contribution in [0.4, 0.5) is 0 Å². The van der Waals surface area contributed by atoms with E-state index < -0.39 is 23.5 Å². The minimum atomic E-state index is -1.38. The highest BCUT2D eigenvalue weighted by Gasteiger charge is 2.14. The second kappa shape index (κ2) is 8.60. The molecule has 3 rings (SSSR count). The monoisotopic (exact) mass is 394 g/mol. The van der Waals surface area contributed by atoms with E-state index in [1.807, 2.05) is 37.3 Å². The number of carbonyl (C=O) groups excluding carboxylic acids is 2. The number of ether oxygens (including phenoxy) is 1. The van der Waals surface area contributed by atoms with E-state index in [0.717, 1.165) is 16.5 Å². The van der Waals surface area contributed by atoms with E-state index in [2.05, 4.69) is 5.32 Å². The van der Waals surface area contributed by atoms with Gasteiger partial charge in [0.05, 0.1) is 12.0 Å². The van der Waals surface area contributed by atoms with Crippen LogP contribution in [0, 0.1) is 6.92 Å². The van der Waals surface area contributed by atoms with Crippen LogP contribution >= 0.6 is 0 Å². The molecule has 2 aromatic carbocycles. The Labute approximate surface area is 166 Å². The maximum atomic E-state index is 12.5. The van der Waals surface area contributed by atoms with E-state index >= 15 is 0 Å². The second-order valence-corrected chi connectivity index (χ2v) is 6.71. The Kier molecular flexibility index (Phi) is 5.97. The molecule has 29 heavy (non-hydrogen) atoms. The van der Waals surface area contributed by atoms with Gasteiger partial charge >= 0.3 is 5.63 Å². The molecule has 0 bridgehead atoms. The van der Waals surface area contributed by atoms with Gasteiger partial charge in [-0.1, -0.05) is 30.3 Å². The lowest BCUT2D eigenvalue weighted by Gasteiger charge is -2.15. The number of nitrogens with one attached hydrogen (secondary N) is 1. The highest BCUT2D eigenvalue weighted by atomic mass is 16.5. The van der Waals surface area contributed by atoms with Crippen LogP contribution in [0.25, 0.3) is 11.0 Å². The highest BCUT2D eigenvalue weighted by Crippen LogP contribution is 2.25. The molecule has 0 aliphatic carbocycles. The van der Waals surface area contributed by atoms with Gasteiger partial charge in [0.15, 0.2) is 6.61 Å². The van der Waals surface area contributed by atoms with Crippen LogP contribution in [0.3, 0.4) is 0 Å². The van der Waals surface area contributed by atoms with Crippen molar-refractivity contribution in [1.29, 1.82) is 0 Å². The molecule has 7 heteroatoms. The molecule has 150 valence electrons. The van der Waals surface area contributed by atoms with Crippen LogP contribution in [0.2, 0.25) is 0 Å². The van der Waals surface area contributed by atoms with Crippen LogP contribution < -0.4 is 20.8 Å². The quantitative estimate of drug-likeness (QED) is 0.606. The summed E-state index contributed by atoms with van der Waals surface area (Å²) in [6.45, 7) is 2.79. The van der Waals surface area contributed by atoms with Gasteiger partial charge in [-0.15, -0.1) is 0 Å². The van der Waals surface area contributed by atoms with Gasteiger partial charge in [0.1, 0.15) is 11.3 Å². The molecule has 1 amide bonds. The molecule has 0 unspecified atom stereocenters. The van der Waals surface area contributed by atoms with Crippen molar-refractivity contribution in [2.24, 2.45) is 0 Å². The van der Waals surface area contributed by atoms with Crippen molar-refractivity contribution in [2.45, 2.75) is 26.3 Å².